The fourth-order valence-electron chi connectivity index (χ4n) is 5.52. The van der Waals surface area contributed by atoms with Gasteiger partial charge in [0, 0.05) is 25.6 Å². The number of aromatic nitrogens is 2. The molecule has 2 fully saturated rings. The van der Waals surface area contributed by atoms with E-state index in [9.17, 15) is 4.79 Å². The minimum absolute atomic E-state index is 0.295. The number of nitrogens with zero attached hydrogens (tertiary/aromatic N) is 3. The highest BCUT2D eigenvalue weighted by Crippen LogP contribution is 2.34. The van der Waals surface area contributed by atoms with Crippen LogP contribution in [-0.2, 0) is 11.3 Å². The second-order valence-electron chi connectivity index (χ2n) is 9.95. The van der Waals surface area contributed by atoms with Crippen LogP contribution in [0.4, 0.5) is 0 Å². The van der Waals surface area contributed by atoms with E-state index < -0.39 is 0 Å². The van der Waals surface area contributed by atoms with Gasteiger partial charge in [-0.25, -0.2) is 4.98 Å². The first-order valence-electron chi connectivity index (χ1n) is 12.3. The van der Waals surface area contributed by atoms with Crippen molar-refractivity contribution in [2.75, 3.05) is 13.1 Å². The SMILES string of the molecule is CCCCC1CCC(C(=O)N2CCC(Cn3cnc4cc(C)c(C)cc43)CC2)CC1. The lowest BCUT2D eigenvalue weighted by Gasteiger charge is -2.36. The molecule has 1 saturated carbocycles. The Morgan fingerprint density at radius 2 is 1.70 bits per heavy atom. The van der Waals surface area contributed by atoms with Gasteiger partial charge < -0.3 is 9.47 Å². The predicted molar refractivity (Wildman–Crippen MR) is 123 cm³/mol. The van der Waals surface area contributed by atoms with Gasteiger partial charge in [-0.1, -0.05) is 26.2 Å². The van der Waals surface area contributed by atoms with Crippen LogP contribution in [0.15, 0.2) is 18.5 Å². The third-order valence-electron chi connectivity index (χ3n) is 7.78. The van der Waals surface area contributed by atoms with Crippen LogP contribution in [0.3, 0.4) is 0 Å². The lowest BCUT2D eigenvalue weighted by Crippen LogP contribution is -2.43. The van der Waals surface area contributed by atoms with Gasteiger partial charge in [-0.05, 0) is 87.5 Å². The second-order valence-corrected chi connectivity index (χ2v) is 9.95. The van der Waals surface area contributed by atoms with E-state index in [-0.39, 0.29) is 0 Å². The van der Waals surface area contributed by atoms with Crippen LogP contribution in [0.5, 0.6) is 0 Å². The molecule has 4 nitrogen and oxygen atoms in total. The molecule has 164 valence electrons. The van der Waals surface area contributed by atoms with Crippen molar-refractivity contribution in [3.63, 3.8) is 0 Å². The summed E-state index contributed by atoms with van der Waals surface area (Å²) in [6, 6.07) is 4.46. The maximum absolute atomic E-state index is 13.1. The third-order valence-corrected chi connectivity index (χ3v) is 7.78. The minimum atomic E-state index is 0.295. The molecule has 0 atom stereocenters. The Morgan fingerprint density at radius 1 is 1.00 bits per heavy atom. The summed E-state index contributed by atoms with van der Waals surface area (Å²) < 4.78 is 2.32. The van der Waals surface area contributed by atoms with Gasteiger partial charge in [0.25, 0.3) is 0 Å². The number of benzene rings is 1. The van der Waals surface area contributed by atoms with Crippen LogP contribution in [0, 0.1) is 31.6 Å². The number of rotatable bonds is 6. The molecule has 0 unspecified atom stereocenters. The Balaban J connectivity index is 1.27. The van der Waals surface area contributed by atoms with Gasteiger partial charge in [-0.3, -0.25) is 4.79 Å². The lowest BCUT2D eigenvalue weighted by atomic mass is 9.79. The van der Waals surface area contributed by atoms with E-state index >= 15 is 0 Å². The topological polar surface area (TPSA) is 38.1 Å². The number of aryl methyl sites for hydroxylation is 2. The maximum atomic E-state index is 13.1. The number of unbranched alkanes of at least 4 members (excludes halogenated alkanes) is 1. The molecule has 2 heterocycles. The van der Waals surface area contributed by atoms with Gasteiger partial charge in [-0.2, -0.15) is 0 Å². The standard InChI is InChI=1S/C26H39N3O/c1-4-5-6-21-7-9-23(10-8-21)26(30)28-13-11-22(12-14-28)17-29-18-27-24-15-19(2)20(3)16-25(24)29/h15-16,18,21-23H,4-14,17H2,1-3H3. The van der Waals surface area contributed by atoms with E-state index in [1.54, 1.807) is 0 Å². The van der Waals surface area contributed by atoms with Crippen LogP contribution in [0.1, 0.15) is 75.8 Å². The van der Waals surface area contributed by atoms with E-state index in [0.717, 1.165) is 56.8 Å². The van der Waals surface area contributed by atoms with Crippen molar-refractivity contribution in [1.82, 2.24) is 14.5 Å². The first-order chi connectivity index (χ1) is 14.5. The Labute approximate surface area is 182 Å². The highest BCUT2D eigenvalue weighted by Gasteiger charge is 2.31. The highest BCUT2D eigenvalue weighted by atomic mass is 16.2. The molecule has 30 heavy (non-hydrogen) atoms. The monoisotopic (exact) mass is 409 g/mol. The fourth-order valence-corrected chi connectivity index (χ4v) is 5.52. The molecule has 0 bridgehead atoms. The molecule has 1 aromatic heterocycles. The molecule has 1 aromatic carbocycles. The summed E-state index contributed by atoms with van der Waals surface area (Å²) in [7, 11) is 0. The Bertz CT molecular complexity index is 855. The van der Waals surface area contributed by atoms with Gasteiger partial charge >= 0.3 is 0 Å². The third kappa shape index (κ3) is 4.73. The number of piperidine rings is 1. The van der Waals surface area contributed by atoms with E-state index in [0.29, 0.717) is 17.7 Å². The van der Waals surface area contributed by atoms with Crippen LogP contribution >= 0.6 is 0 Å². The molecule has 4 rings (SSSR count). The van der Waals surface area contributed by atoms with Crippen molar-refractivity contribution in [3.8, 4) is 0 Å². The normalized spacial score (nSPS) is 23.2. The molecule has 0 radical (unpaired) electrons. The van der Waals surface area contributed by atoms with Crippen LogP contribution in [0.25, 0.3) is 11.0 Å². The van der Waals surface area contributed by atoms with E-state index in [1.807, 2.05) is 6.33 Å². The molecule has 1 aliphatic carbocycles. The molecular formula is C26H39N3O. The quantitative estimate of drug-likeness (QED) is 0.597. The van der Waals surface area contributed by atoms with E-state index in [1.165, 1.54) is 48.7 Å². The van der Waals surface area contributed by atoms with Crippen molar-refractivity contribution in [3.05, 3.63) is 29.6 Å². The largest absolute Gasteiger partial charge is 0.342 e. The number of likely N-dealkylation sites (tertiary alicyclic amines) is 1. The van der Waals surface area contributed by atoms with Gasteiger partial charge in [0.15, 0.2) is 0 Å². The Hall–Kier alpha value is -1.84. The van der Waals surface area contributed by atoms with Crippen molar-refractivity contribution < 1.29 is 4.79 Å². The summed E-state index contributed by atoms with van der Waals surface area (Å²) in [6.45, 7) is 9.49. The number of imidazole rings is 1. The first kappa shape index (κ1) is 21.4. The van der Waals surface area contributed by atoms with Gasteiger partial charge in [-0.15, -0.1) is 0 Å². The summed E-state index contributed by atoms with van der Waals surface area (Å²) in [5.41, 5.74) is 4.98. The van der Waals surface area contributed by atoms with Crippen LogP contribution in [-0.4, -0.2) is 33.4 Å². The Kier molecular flexibility index (Phi) is 6.80. The van der Waals surface area contributed by atoms with E-state index in [2.05, 4.69) is 47.4 Å². The van der Waals surface area contributed by atoms with Crippen molar-refractivity contribution >= 4 is 16.9 Å². The predicted octanol–water partition coefficient (Wildman–Crippen LogP) is 5.89. The zero-order valence-electron chi connectivity index (χ0n) is 19.2. The molecule has 1 saturated heterocycles. The maximum Gasteiger partial charge on any atom is 0.225 e. The van der Waals surface area contributed by atoms with Crippen molar-refractivity contribution in [2.45, 2.75) is 85.1 Å². The van der Waals surface area contributed by atoms with Crippen molar-refractivity contribution in [1.29, 1.82) is 0 Å². The molecule has 1 amide bonds. The number of amides is 1. The fraction of sp³-hybridized carbons (Fsp3) is 0.692. The van der Waals surface area contributed by atoms with Crippen LogP contribution < -0.4 is 0 Å². The number of hydrogen-bond donors (Lipinski definition) is 0. The highest BCUT2D eigenvalue weighted by molar-refractivity contribution is 5.79. The average molecular weight is 410 g/mol. The van der Waals surface area contributed by atoms with Gasteiger partial charge in [0.05, 0.1) is 17.4 Å². The second kappa shape index (κ2) is 9.53. The lowest BCUT2D eigenvalue weighted by molar-refractivity contribution is -0.138. The molecule has 2 aliphatic rings. The summed E-state index contributed by atoms with van der Waals surface area (Å²) in [6.07, 6.45) is 13.0. The summed E-state index contributed by atoms with van der Waals surface area (Å²) in [4.78, 5) is 19.8. The summed E-state index contributed by atoms with van der Waals surface area (Å²) in [5, 5.41) is 0. The number of fused-ring (bicyclic) bond motifs is 1. The van der Waals surface area contributed by atoms with Gasteiger partial charge in [0.1, 0.15) is 0 Å². The average Bonchev–Trinajstić information content (AvgIpc) is 3.14. The van der Waals surface area contributed by atoms with Gasteiger partial charge in [0.2, 0.25) is 5.91 Å². The van der Waals surface area contributed by atoms with Crippen molar-refractivity contribution in [2.24, 2.45) is 17.8 Å². The molecule has 2 aromatic rings. The molecular weight excluding hydrogens is 370 g/mol. The summed E-state index contributed by atoms with van der Waals surface area (Å²) in [5.74, 6) is 2.25. The number of carbonyl (C=O) groups excluding carboxylic acids is 1. The Morgan fingerprint density at radius 3 is 2.40 bits per heavy atom. The van der Waals surface area contributed by atoms with E-state index in [4.69, 9.17) is 0 Å². The number of carbonyl (C=O) groups is 1. The zero-order chi connectivity index (χ0) is 21.1. The minimum Gasteiger partial charge on any atom is -0.342 e. The molecule has 4 heteroatoms. The molecule has 1 aliphatic heterocycles. The smallest absolute Gasteiger partial charge is 0.225 e. The first-order valence-corrected chi connectivity index (χ1v) is 12.3. The molecule has 0 spiro atoms. The van der Waals surface area contributed by atoms with Crippen LogP contribution in [0.2, 0.25) is 0 Å². The summed E-state index contributed by atoms with van der Waals surface area (Å²) >= 11 is 0. The number of hydrogen-bond acceptors (Lipinski definition) is 2. The zero-order valence-corrected chi connectivity index (χ0v) is 19.2. The molecule has 0 N–H and O–H groups in total.